The number of benzene rings is 2. The topological polar surface area (TPSA) is 49.7 Å². The molecular formula is C16H18O3. The summed E-state index contributed by atoms with van der Waals surface area (Å²) in [7, 11) is 0. The van der Waals surface area contributed by atoms with E-state index in [2.05, 4.69) is 6.92 Å². The molecule has 0 radical (unpaired) electrons. The molecule has 2 N–H and O–H groups in total. The van der Waals surface area contributed by atoms with Crippen LogP contribution in [0.25, 0.3) is 10.8 Å². The van der Waals surface area contributed by atoms with E-state index in [0.29, 0.717) is 5.75 Å². The van der Waals surface area contributed by atoms with Gasteiger partial charge in [0.15, 0.2) is 0 Å². The smallest absolute Gasteiger partial charge is 0.203 e. The Morgan fingerprint density at radius 2 is 1.84 bits per heavy atom. The number of hydrogen-bond donors (Lipinski definition) is 2. The van der Waals surface area contributed by atoms with Gasteiger partial charge in [-0.25, -0.2) is 0 Å². The van der Waals surface area contributed by atoms with Crippen molar-refractivity contribution in [1.82, 2.24) is 0 Å². The number of fused-ring (bicyclic) bond motifs is 1. The molecule has 1 aliphatic rings. The first-order valence-electron chi connectivity index (χ1n) is 6.72. The fourth-order valence-electron chi connectivity index (χ4n) is 2.55. The van der Waals surface area contributed by atoms with Gasteiger partial charge in [-0.05, 0) is 31.4 Å². The van der Waals surface area contributed by atoms with Crippen molar-refractivity contribution in [3.8, 4) is 11.5 Å². The van der Waals surface area contributed by atoms with Crippen LogP contribution in [0.2, 0.25) is 0 Å². The van der Waals surface area contributed by atoms with E-state index in [0.717, 1.165) is 30.0 Å². The Bertz CT molecular complexity index is 602. The molecule has 1 atom stereocenters. The van der Waals surface area contributed by atoms with Crippen LogP contribution in [0, 0.1) is 5.41 Å². The lowest BCUT2D eigenvalue weighted by Gasteiger charge is -2.22. The monoisotopic (exact) mass is 258 g/mol. The van der Waals surface area contributed by atoms with Crippen molar-refractivity contribution in [2.24, 2.45) is 5.41 Å². The second kappa shape index (κ2) is 4.42. The summed E-state index contributed by atoms with van der Waals surface area (Å²) in [6, 6.07) is 10.8. The van der Waals surface area contributed by atoms with Gasteiger partial charge in [0.05, 0.1) is 0 Å². The molecule has 100 valence electrons. The molecule has 0 aliphatic heterocycles. The molecular weight excluding hydrogens is 240 g/mol. The van der Waals surface area contributed by atoms with Gasteiger partial charge in [-0.15, -0.1) is 0 Å². The molecule has 3 nitrogen and oxygen atoms in total. The molecule has 3 heteroatoms. The first kappa shape index (κ1) is 12.3. The summed E-state index contributed by atoms with van der Waals surface area (Å²) < 4.78 is 5.75. The van der Waals surface area contributed by atoms with Crippen LogP contribution in [0.5, 0.6) is 11.5 Å². The molecule has 0 heterocycles. The summed E-state index contributed by atoms with van der Waals surface area (Å²) in [6.07, 6.45) is 2.18. The second-order valence-electron chi connectivity index (χ2n) is 5.31. The lowest BCUT2D eigenvalue weighted by atomic mass is 10.0. The molecule has 0 amide bonds. The molecule has 1 unspecified atom stereocenters. The molecule has 0 saturated heterocycles. The average Bonchev–Trinajstić information content (AvgIpc) is 3.21. The summed E-state index contributed by atoms with van der Waals surface area (Å²) in [5, 5.41) is 21.6. The highest BCUT2D eigenvalue weighted by molar-refractivity contribution is 5.92. The number of aliphatic hydroxyl groups is 1. The zero-order valence-electron chi connectivity index (χ0n) is 11.0. The Labute approximate surface area is 112 Å². The summed E-state index contributed by atoms with van der Waals surface area (Å²) in [4.78, 5) is 0. The maximum Gasteiger partial charge on any atom is 0.203 e. The summed E-state index contributed by atoms with van der Waals surface area (Å²) in [5.74, 6) is 0.856. The van der Waals surface area contributed by atoms with Gasteiger partial charge in [-0.2, -0.15) is 0 Å². The van der Waals surface area contributed by atoms with E-state index in [1.165, 1.54) is 0 Å². The van der Waals surface area contributed by atoms with Gasteiger partial charge >= 0.3 is 0 Å². The van der Waals surface area contributed by atoms with Crippen molar-refractivity contribution in [1.29, 1.82) is 0 Å². The van der Waals surface area contributed by atoms with E-state index in [9.17, 15) is 10.2 Å². The first-order chi connectivity index (χ1) is 9.16. The minimum Gasteiger partial charge on any atom is -0.507 e. The largest absolute Gasteiger partial charge is 0.507 e. The zero-order chi connectivity index (χ0) is 13.5. The van der Waals surface area contributed by atoms with Crippen molar-refractivity contribution in [3.63, 3.8) is 0 Å². The fraction of sp³-hybridized carbons (Fsp3) is 0.375. The van der Waals surface area contributed by atoms with E-state index >= 15 is 0 Å². The Morgan fingerprint density at radius 1 is 1.16 bits per heavy atom. The molecule has 1 aliphatic carbocycles. The Kier molecular flexibility index (Phi) is 2.86. The average molecular weight is 258 g/mol. The number of phenolic OH excluding ortho intramolecular Hbond substituents is 1. The Hall–Kier alpha value is -1.74. The number of aliphatic hydroxyl groups excluding tert-OH is 1. The summed E-state index contributed by atoms with van der Waals surface area (Å²) >= 11 is 0. The minimum absolute atomic E-state index is 0.0704. The second-order valence-corrected chi connectivity index (χ2v) is 5.31. The standard InChI is InChI=1S/C16H18O3/c1-2-16(9-10-16)15(18)19-14-8-4-5-11-12(14)6-3-7-13(11)17/h3-8,15,17-18H,2,9-10H2,1H3. The molecule has 2 aromatic carbocycles. The van der Waals surface area contributed by atoms with Crippen molar-refractivity contribution in [3.05, 3.63) is 36.4 Å². The van der Waals surface area contributed by atoms with Gasteiger partial charge in [-0.1, -0.05) is 31.2 Å². The van der Waals surface area contributed by atoms with Gasteiger partial charge < -0.3 is 14.9 Å². The van der Waals surface area contributed by atoms with Crippen molar-refractivity contribution < 1.29 is 14.9 Å². The van der Waals surface area contributed by atoms with Crippen LogP contribution in [-0.4, -0.2) is 16.5 Å². The van der Waals surface area contributed by atoms with Crippen LogP contribution in [0.3, 0.4) is 0 Å². The third kappa shape index (κ3) is 2.04. The van der Waals surface area contributed by atoms with E-state index < -0.39 is 6.29 Å². The van der Waals surface area contributed by atoms with Gasteiger partial charge in [0.2, 0.25) is 6.29 Å². The van der Waals surface area contributed by atoms with Crippen molar-refractivity contribution >= 4 is 10.8 Å². The van der Waals surface area contributed by atoms with E-state index in [-0.39, 0.29) is 11.2 Å². The van der Waals surface area contributed by atoms with E-state index in [1.54, 1.807) is 12.1 Å². The normalized spacial score (nSPS) is 18.2. The van der Waals surface area contributed by atoms with Crippen LogP contribution >= 0.6 is 0 Å². The molecule has 0 bridgehead atoms. The lowest BCUT2D eigenvalue weighted by Crippen LogP contribution is -2.27. The summed E-state index contributed by atoms with van der Waals surface area (Å²) in [5.41, 5.74) is -0.0704. The van der Waals surface area contributed by atoms with Crippen LogP contribution in [-0.2, 0) is 0 Å². The van der Waals surface area contributed by atoms with Crippen LogP contribution in [0.15, 0.2) is 36.4 Å². The molecule has 3 rings (SSSR count). The predicted octanol–water partition coefficient (Wildman–Crippen LogP) is 3.43. The van der Waals surface area contributed by atoms with Gasteiger partial charge in [0, 0.05) is 16.2 Å². The predicted molar refractivity (Wildman–Crippen MR) is 74.2 cm³/mol. The number of aromatic hydroxyl groups is 1. The van der Waals surface area contributed by atoms with Crippen LogP contribution in [0.4, 0.5) is 0 Å². The molecule has 19 heavy (non-hydrogen) atoms. The lowest BCUT2D eigenvalue weighted by molar-refractivity contribution is -0.0743. The van der Waals surface area contributed by atoms with Gasteiger partial charge in [0.1, 0.15) is 11.5 Å². The van der Waals surface area contributed by atoms with Crippen LogP contribution in [0.1, 0.15) is 26.2 Å². The number of hydrogen-bond acceptors (Lipinski definition) is 3. The number of phenols is 1. The highest BCUT2D eigenvalue weighted by atomic mass is 16.6. The van der Waals surface area contributed by atoms with Crippen molar-refractivity contribution in [2.75, 3.05) is 0 Å². The highest BCUT2D eigenvalue weighted by Gasteiger charge is 2.49. The third-order valence-electron chi connectivity index (χ3n) is 4.22. The molecule has 2 aromatic rings. The Balaban J connectivity index is 1.95. The first-order valence-corrected chi connectivity index (χ1v) is 6.72. The molecule has 1 fully saturated rings. The number of rotatable bonds is 4. The maximum absolute atomic E-state index is 10.2. The summed E-state index contributed by atoms with van der Waals surface area (Å²) in [6.45, 7) is 2.08. The van der Waals surface area contributed by atoms with E-state index in [1.807, 2.05) is 24.3 Å². The van der Waals surface area contributed by atoms with Crippen LogP contribution < -0.4 is 4.74 Å². The highest BCUT2D eigenvalue weighted by Crippen LogP contribution is 2.52. The van der Waals surface area contributed by atoms with Gasteiger partial charge in [-0.3, -0.25) is 0 Å². The SMILES string of the molecule is CCC1(C(O)Oc2cccc3c(O)cccc23)CC1. The maximum atomic E-state index is 10.2. The number of ether oxygens (including phenoxy) is 1. The molecule has 0 aromatic heterocycles. The van der Waals surface area contributed by atoms with Crippen molar-refractivity contribution in [2.45, 2.75) is 32.5 Å². The van der Waals surface area contributed by atoms with Gasteiger partial charge in [0.25, 0.3) is 0 Å². The Morgan fingerprint density at radius 3 is 2.53 bits per heavy atom. The third-order valence-corrected chi connectivity index (χ3v) is 4.22. The fourth-order valence-corrected chi connectivity index (χ4v) is 2.55. The van der Waals surface area contributed by atoms with E-state index in [4.69, 9.17) is 4.74 Å². The molecule has 0 spiro atoms. The molecule has 1 saturated carbocycles. The zero-order valence-corrected chi connectivity index (χ0v) is 11.0. The minimum atomic E-state index is -0.773. The quantitative estimate of drug-likeness (QED) is 0.826.